The average Bonchev–Trinajstić information content (AvgIpc) is 3.10. The monoisotopic (exact) mass is 466 g/mol. The number of amides is 1. The maximum Gasteiger partial charge on any atom is 0.295 e. The van der Waals surface area contributed by atoms with Crippen LogP contribution in [0, 0.1) is 0 Å². The van der Waals surface area contributed by atoms with Crippen molar-refractivity contribution in [1.29, 1.82) is 0 Å². The topological polar surface area (TPSA) is 88.5 Å². The molecule has 3 rings (SSSR count). The molecule has 34 heavy (non-hydrogen) atoms. The van der Waals surface area contributed by atoms with Crippen LogP contribution in [0.4, 0.5) is 0 Å². The van der Waals surface area contributed by atoms with Crippen LogP contribution in [0.1, 0.15) is 17.2 Å². The van der Waals surface area contributed by atoms with E-state index in [0.717, 1.165) is 0 Å². The highest BCUT2D eigenvalue weighted by atomic mass is 16.5. The van der Waals surface area contributed by atoms with Crippen molar-refractivity contribution >= 4 is 17.4 Å². The summed E-state index contributed by atoms with van der Waals surface area (Å²) < 4.78 is 16.5. The van der Waals surface area contributed by atoms with E-state index in [9.17, 15) is 14.7 Å². The molecule has 0 aromatic heterocycles. The summed E-state index contributed by atoms with van der Waals surface area (Å²) in [6.45, 7) is 4.78. The Labute approximate surface area is 199 Å². The summed E-state index contributed by atoms with van der Waals surface area (Å²) in [5, 5.41) is 11.2. The molecule has 180 valence electrons. The van der Waals surface area contributed by atoms with E-state index < -0.39 is 17.7 Å². The molecular formula is C26H30N2O6. The molecule has 0 radical (unpaired) electrons. The molecule has 8 heteroatoms. The molecule has 1 atom stereocenters. The van der Waals surface area contributed by atoms with E-state index in [4.69, 9.17) is 14.2 Å². The van der Waals surface area contributed by atoms with Gasteiger partial charge in [0.15, 0.2) is 11.5 Å². The van der Waals surface area contributed by atoms with Crippen molar-refractivity contribution in [3.05, 3.63) is 71.8 Å². The third-order valence-corrected chi connectivity index (χ3v) is 5.55. The van der Waals surface area contributed by atoms with Crippen LogP contribution in [0.25, 0.3) is 5.76 Å². The smallest absolute Gasteiger partial charge is 0.295 e. The van der Waals surface area contributed by atoms with Crippen molar-refractivity contribution in [3.63, 3.8) is 0 Å². The van der Waals surface area contributed by atoms with E-state index in [1.54, 1.807) is 48.5 Å². The van der Waals surface area contributed by atoms with Crippen LogP contribution >= 0.6 is 0 Å². The number of rotatable bonds is 10. The van der Waals surface area contributed by atoms with Crippen LogP contribution in [-0.2, 0) is 9.59 Å². The molecule has 1 fully saturated rings. The highest BCUT2D eigenvalue weighted by molar-refractivity contribution is 6.46. The van der Waals surface area contributed by atoms with Gasteiger partial charge in [-0.25, -0.2) is 0 Å². The highest BCUT2D eigenvalue weighted by Gasteiger charge is 2.47. The van der Waals surface area contributed by atoms with Crippen molar-refractivity contribution in [2.45, 2.75) is 6.04 Å². The number of hydrogen-bond acceptors (Lipinski definition) is 7. The highest BCUT2D eigenvalue weighted by Crippen LogP contribution is 2.45. The first kappa shape index (κ1) is 24.9. The Hall–Kier alpha value is -3.78. The Balaban J connectivity index is 2.16. The number of carbonyl (C=O) groups is 2. The van der Waals surface area contributed by atoms with Gasteiger partial charge in [-0.2, -0.15) is 0 Å². The second-order valence-electron chi connectivity index (χ2n) is 8.00. The minimum absolute atomic E-state index is 0.00457. The van der Waals surface area contributed by atoms with Crippen LogP contribution in [0.2, 0.25) is 0 Å². The molecule has 1 aliphatic heterocycles. The lowest BCUT2D eigenvalue weighted by Crippen LogP contribution is -2.35. The van der Waals surface area contributed by atoms with Crippen LogP contribution in [-0.4, -0.2) is 74.6 Å². The largest absolute Gasteiger partial charge is 0.507 e. The number of methoxy groups -OCH3 is 2. The average molecular weight is 467 g/mol. The number of hydrogen-bond donors (Lipinski definition) is 1. The zero-order chi connectivity index (χ0) is 24.8. The first-order valence-electron chi connectivity index (χ1n) is 10.8. The molecule has 1 aliphatic rings. The number of aliphatic hydroxyl groups excluding tert-OH is 1. The van der Waals surface area contributed by atoms with Gasteiger partial charge in [-0.15, -0.1) is 0 Å². The van der Waals surface area contributed by atoms with Crippen molar-refractivity contribution in [1.82, 2.24) is 9.80 Å². The van der Waals surface area contributed by atoms with Crippen molar-refractivity contribution in [2.24, 2.45) is 0 Å². The molecule has 1 saturated heterocycles. The number of aliphatic hydroxyl groups is 1. The van der Waals surface area contributed by atoms with Crippen LogP contribution in [0.5, 0.6) is 17.2 Å². The first-order valence-corrected chi connectivity index (χ1v) is 10.8. The Bertz CT molecular complexity index is 1090. The number of ether oxygens (including phenoxy) is 3. The molecule has 0 bridgehead atoms. The van der Waals surface area contributed by atoms with Crippen LogP contribution in [0.3, 0.4) is 0 Å². The number of likely N-dealkylation sites (N-methyl/N-ethyl adjacent to an activating group) is 1. The summed E-state index contributed by atoms with van der Waals surface area (Å²) in [7, 11) is 6.78. The van der Waals surface area contributed by atoms with E-state index in [1.165, 1.54) is 19.1 Å². The Morgan fingerprint density at radius 2 is 1.82 bits per heavy atom. The molecule has 0 spiro atoms. The van der Waals surface area contributed by atoms with Gasteiger partial charge < -0.3 is 29.1 Å². The summed E-state index contributed by atoms with van der Waals surface area (Å²) in [5.41, 5.74) is 0.936. The Morgan fingerprint density at radius 1 is 1.12 bits per heavy atom. The number of para-hydroxylation sites is 1. The minimum Gasteiger partial charge on any atom is -0.507 e. The van der Waals surface area contributed by atoms with Crippen molar-refractivity contribution in [2.75, 3.05) is 48.0 Å². The summed E-state index contributed by atoms with van der Waals surface area (Å²) >= 11 is 0. The predicted octanol–water partition coefficient (Wildman–Crippen LogP) is 3.25. The molecule has 2 aromatic rings. The maximum atomic E-state index is 13.2. The maximum absolute atomic E-state index is 13.2. The first-order chi connectivity index (χ1) is 16.3. The molecular weight excluding hydrogens is 436 g/mol. The predicted molar refractivity (Wildman–Crippen MR) is 129 cm³/mol. The van der Waals surface area contributed by atoms with Gasteiger partial charge in [-0.1, -0.05) is 24.8 Å². The van der Waals surface area contributed by atoms with E-state index >= 15 is 0 Å². The van der Waals surface area contributed by atoms with E-state index in [-0.39, 0.29) is 17.9 Å². The molecule has 0 saturated carbocycles. The molecule has 2 aromatic carbocycles. The third-order valence-electron chi connectivity index (χ3n) is 5.55. The molecule has 1 amide bonds. The lowest BCUT2D eigenvalue weighted by atomic mass is 9.94. The molecule has 1 N–H and O–H groups in total. The number of nitrogens with zero attached hydrogens (tertiary/aromatic N) is 2. The second kappa shape index (κ2) is 10.9. The second-order valence-corrected chi connectivity index (χ2v) is 8.00. The SMILES string of the molecule is C=CCOc1ccc(C(O)=C2C(=O)C(=O)N(CCN(C)C)[C@H]2c2cccc(OC)c2OC)cc1. The standard InChI is InChI=1S/C26H30N2O6/c1-6-16-34-18-12-10-17(11-13-18)23(29)21-22(19-8-7-9-20(32-4)25(19)33-5)28(15-14-27(2)3)26(31)24(21)30/h6-13,22,29H,1,14-16H2,2-5H3/t22-/m0/s1. The molecule has 0 aliphatic carbocycles. The van der Waals surface area contributed by atoms with Crippen LogP contribution in [0.15, 0.2) is 60.7 Å². The minimum atomic E-state index is -0.846. The van der Waals surface area contributed by atoms with Gasteiger partial charge in [-0.05, 0) is 44.4 Å². The van der Waals surface area contributed by atoms with E-state index in [0.29, 0.717) is 41.5 Å². The fourth-order valence-electron chi connectivity index (χ4n) is 3.89. The Kier molecular flexibility index (Phi) is 7.96. The van der Waals surface area contributed by atoms with Gasteiger partial charge in [0.25, 0.3) is 11.7 Å². The lowest BCUT2D eigenvalue weighted by molar-refractivity contribution is -0.140. The quantitative estimate of drug-likeness (QED) is 0.249. The fourth-order valence-corrected chi connectivity index (χ4v) is 3.89. The third kappa shape index (κ3) is 4.92. The van der Waals surface area contributed by atoms with Gasteiger partial charge in [-0.3, -0.25) is 9.59 Å². The lowest BCUT2D eigenvalue weighted by Gasteiger charge is -2.28. The zero-order valence-electron chi connectivity index (χ0n) is 19.9. The van der Waals surface area contributed by atoms with Crippen LogP contribution < -0.4 is 14.2 Å². The number of Topliss-reactive ketones (excluding diaryl/α,β-unsaturated/α-hetero) is 1. The van der Waals surface area contributed by atoms with Crippen molar-refractivity contribution in [3.8, 4) is 17.2 Å². The molecule has 8 nitrogen and oxygen atoms in total. The Morgan fingerprint density at radius 3 is 2.41 bits per heavy atom. The van der Waals surface area contributed by atoms with E-state index in [2.05, 4.69) is 6.58 Å². The number of ketones is 1. The molecule has 0 unspecified atom stereocenters. The summed E-state index contributed by atoms with van der Waals surface area (Å²) in [6, 6.07) is 11.1. The van der Waals surface area contributed by atoms with Gasteiger partial charge in [0.05, 0.1) is 25.8 Å². The van der Waals surface area contributed by atoms with Crippen molar-refractivity contribution < 1.29 is 28.9 Å². The van der Waals surface area contributed by atoms with E-state index in [1.807, 2.05) is 19.0 Å². The fraction of sp³-hybridized carbons (Fsp3) is 0.308. The van der Waals surface area contributed by atoms with Gasteiger partial charge >= 0.3 is 0 Å². The summed E-state index contributed by atoms with van der Waals surface area (Å²) in [5.74, 6) is -0.250. The molecule has 1 heterocycles. The van der Waals surface area contributed by atoms with Gasteiger partial charge in [0.1, 0.15) is 18.1 Å². The summed E-state index contributed by atoms with van der Waals surface area (Å²) in [6.07, 6.45) is 1.63. The number of benzene rings is 2. The zero-order valence-corrected chi connectivity index (χ0v) is 19.9. The van der Waals surface area contributed by atoms with Gasteiger partial charge in [0, 0.05) is 24.2 Å². The van der Waals surface area contributed by atoms with Gasteiger partial charge in [0.2, 0.25) is 0 Å². The summed E-state index contributed by atoms with van der Waals surface area (Å²) in [4.78, 5) is 29.7. The normalized spacial score (nSPS) is 17.2. The number of likely N-dealkylation sites (tertiary alicyclic amines) is 1. The number of carbonyl (C=O) groups excluding carboxylic acids is 2.